The summed E-state index contributed by atoms with van der Waals surface area (Å²) in [5, 5.41) is 2.97. The lowest BCUT2D eigenvalue weighted by molar-refractivity contribution is -0.170. The molecular weight excluding hydrogens is 563 g/mol. The monoisotopic (exact) mass is 593 g/mol. The second kappa shape index (κ2) is 13.1. The number of ether oxygens (including phenoxy) is 3. The van der Waals surface area contributed by atoms with Crippen LogP contribution < -0.4 is 5.32 Å². The van der Waals surface area contributed by atoms with E-state index in [1.165, 1.54) is 0 Å². The van der Waals surface area contributed by atoms with Crippen molar-refractivity contribution >= 4 is 23.5 Å². The Labute approximate surface area is 247 Å². The van der Waals surface area contributed by atoms with E-state index >= 15 is 0 Å². The summed E-state index contributed by atoms with van der Waals surface area (Å²) in [4.78, 5) is 41.4. The number of esters is 3. The van der Waals surface area contributed by atoms with E-state index in [0.29, 0.717) is 16.7 Å². The zero-order chi connectivity index (χ0) is 31.2. The van der Waals surface area contributed by atoms with Crippen LogP contribution in [0.15, 0.2) is 96.2 Å². The fourth-order valence-corrected chi connectivity index (χ4v) is 5.13. The van der Waals surface area contributed by atoms with Crippen molar-refractivity contribution in [3.8, 4) is 0 Å². The van der Waals surface area contributed by atoms with E-state index in [0.717, 1.165) is 31.4 Å². The van der Waals surface area contributed by atoms with Gasteiger partial charge in [0, 0.05) is 11.1 Å². The molecule has 0 bridgehead atoms. The van der Waals surface area contributed by atoms with Gasteiger partial charge in [-0.15, -0.1) is 5.73 Å². The van der Waals surface area contributed by atoms with Crippen molar-refractivity contribution in [3.63, 3.8) is 0 Å². The summed E-state index contributed by atoms with van der Waals surface area (Å²) in [5.74, 6) is -2.96. The highest BCUT2D eigenvalue weighted by Gasteiger charge is 2.66. The Morgan fingerprint density at radius 3 is 1.72 bits per heavy atom. The van der Waals surface area contributed by atoms with Gasteiger partial charge in [-0.25, -0.2) is 4.79 Å². The molecule has 0 aliphatic carbocycles. The first-order valence-corrected chi connectivity index (χ1v) is 13.6. The third kappa shape index (κ3) is 6.11. The van der Waals surface area contributed by atoms with Gasteiger partial charge < -0.3 is 14.2 Å². The van der Waals surface area contributed by atoms with E-state index in [4.69, 9.17) is 14.2 Å². The van der Waals surface area contributed by atoms with Crippen LogP contribution in [0.25, 0.3) is 5.57 Å². The van der Waals surface area contributed by atoms with Crippen molar-refractivity contribution in [2.24, 2.45) is 5.41 Å². The van der Waals surface area contributed by atoms with Gasteiger partial charge in [0.15, 0.2) is 0 Å². The molecule has 43 heavy (non-hydrogen) atoms. The van der Waals surface area contributed by atoms with Crippen LogP contribution in [0.5, 0.6) is 0 Å². The average molecular weight is 594 g/mol. The van der Waals surface area contributed by atoms with Gasteiger partial charge in [0.2, 0.25) is 5.41 Å². The molecule has 4 rings (SSSR count). The third-order valence-corrected chi connectivity index (χ3v) is 7.07. The lowest BCUT2D eigenvalue weighted by Gasteiger charge is -2.31. The van der Waals surface area contributed by atoms with Crippen LogP contribution in [-0.2, 0) is 34.8 Å². The molecule has 224 valence electrons. The summed E-state index contributed by atoms with van der Waals surface area (Å²) >= 11 is 0. The van der Waals surface area contributed by atoms with Crippen LogP contribution in [0, 0.1) is 5.41 Å². The van der Waals surface area contributed by atoms with Crippen molar-refractivity contribution in [2.45, 2.75) is 32.1 Å². The molecule has 1 aliphatic heterocycles. The maximum absolute atomic E-state index is 14.0. The first kappa shape index (κ1) is 31.3. The minimum Gasteiger partial charge on any atom is -0.468 e. The van der Waals surface area contributed by atoms with Gasteiger partial charge >= 0.3 is 24.1 Å². The van der Waals surface area contributed by atoms with Gasteiger partial charge in [-0.1, -0.05) is 72.8 Å². The zero-order valence-corrected chi connectivity index (χ0v) is 23.7. The van der Waals surface area contributed by atoms with Crippen LogP contribution in [0.3, 0.4) is 0 Å². The molecule has 1 saturated heterocycles. The number of carbonyl (C=O) groups excluding carboxylic acids is 3. The van der Waals surface area contributed by atoms with E-state index in [2.05, 4.69) is 11.0 Å². The maximum Gasteiger partial charge on any atom is 0.416 e. The van der Waals surface area contributed by atoms with Crippen LogP contribution in [0.1, 0.15) is 42.1 Å². The van der Waals surface area contributed by atoms with Gasteiger partial charge in [-0.05, 0) is 42.7 Å². The van der Waals surface area contributed by atoms with Crippen molar-refractivity contribution in [1.82, 2.24) is 5.32 Å². The molecule has 7 nitrogen and oxygen atoms in total. The summed E-state index contributed by atoms with van der Waals surface area (Å²) in [6.45, 7) is 2.82. The molecule has 1 N–H and O–H groups in total. The van der Waals surface area contributed by atoms with Crippen molar-refractivity contribution in [3.05, 3.63) is 118 Å². The number of hydrogen-bond donors (Lipinski definition) is 1. The molecule has 0 spiro atoms. The predicted octanol–water partition coefficient (Wildman–Crippen LogP) is 5.66. The van der Waals surface area contributed by atoms with E-state index in [-0.39, 0.29) is 24.4 Å². The Morgan fingerprint density at radius 1 is 0.814 bits per heavy atom. The number of methoxy groups -OCH3 is 1. The first-order chi connectivity index (χ1) is 20.6. The number of nitrogens with one attached hydrogen (secondary N) is 1. The fraction of sp³-hybridized carbons (Fsp3) is 0.273. The number of carbonyl (C=O) groups is 3. The van der Waals surface area contributed by atoms with Gasteiger partial charge in [0.1, 0.15) is 6.04 Å². The normalized spacial score (nSPS) is 17.5. The second-order valence-electron chi connectivity index (χ2n) is 9.57. The van der Waals surface area contributed by atoms with Crippen molar-refractivity contribution in [1.29, 1.82) is 0 Å². The smallest absolute Gasteiger partial charge is 0.416 e. The molecule has 1 heterocycles. The fourth-order valence-electron chi connectivity index (χ4n) is 5.13. The van der Waals surface area contributed by atoms with E-state index < -0.39 is 47.1 Å². The number of halogens is 3. The molecule has 2 atom stereocenters. The molecule has 1 aliphatic rings. The topological polar surface area (TPSA) is 90.9 Å². The molecule has 0 aromatic heterocycles. The molecule has 3 aromatic carbocycles. The van der Waals surface area contributed by atoms with E-state index in [1.54, 1.807) is 62.4 Å². The predicted molar refractivity (Wildman–Crippen MR) is 151 cm³/mol. The highest BCUT2D eigenvalue weighted by Crippen LogP contribution is 2.50. The summed E-state index contributed by atoms with van der Waals surface area (Å²) in [6, 6.07) is 19.2. The van der Waals surface area contributed by atoms with Gasteiger partial charge in [0.05, 0.1) is 31.9 Å². The minimum atomic E-state index is -4.62. The zero-order valence-electron chi connectivity index (χ0n) is 23.7. The SMILES string of the molecule is CCOC(=O)C1(C(=O)OCC)C(=C=C(c2ccccc2)c2ccccc2)[C@H](C(=O)OC)N[C@@H]1c1ccc(C(F)(F)F)cc1. The highest BCUT2D eigenvalue weighted by atomic mass is 19.4. The highest BCUT2D eigenvalue weighted by molar-refractivity contribution is 6.08. The molecule has 1 fully saturated rings. The average Bonchev–Trinajstić information content (AvgIpc) is 3.36. The van der Waals surface area contributed by atoms with E-state index in [1.807, 2.05) is 12.1 Å². The van der Waals surface area contributed by atoms with Crippen molar-refractivity contribution in [2.75, 3.05) is 20.3 Å². The molecule has 0 radical (unpaired) electrons. The maximum atomic E-state index is 14.0. The molecule has 3 aromatic rings. The lowest BCUT2D eigenvalue weighted by atomic mass is 9.72. The van der Waals surface area contributed by atoms with Crippen LogP contribution >= 0.6 is 0 Å². The second-order valence-corrected chi connectivity index (χ2v) is 9.57. The molecular formula is C33H30F3NO6. The van der Waals surface area contributed by atoms with Gasteiger partial charge in [0.25, 0.3) is 0 Å². The summed E-state index contributed by atoms with van der Waals surface area (Å²) in [7, 11) is 1.14. The van der Waals surface area contributed by atoms with Gasteiger partial charge in [-0.2, -0.15) is 13.2 Å². The van der Waals surface area contributed by atoms with Crippen LogP contribution in [0.4, 0.5) is 13.2 Å². The Bertz CT molecular complexity index is 1470. The summed E-state index contributed by atoms with van der Waals surface area (Å²) < 4.78 is 56.1. The van der Waals surface area contributed by atoms with Crippen molar-refractivity contribution < 1.29 is 41.8 Å². The third-order valence-electron chi connectivity index (χ3n) is 7.07. The Kier molecular flexibility index (Phi) is 9.53. The Hall–Kier alpha value is -4.66. The summed E-state index contributed by atoms with van der Waals surface area (Å²) in [6.07, 6.45) is -4.62. The largest absolute Gasteiger partial charge is 0.468 e. The summed E-state index contributed by atoms with van der Waals surface area (Å²) in [5.41, 5.74) is 1.64. The van der Waals surface area contributed by atoms with Gasteiger partial charge in [-0.3, -0.25) is 14.9 Å². The molecule has 10 heteroatoms. The molecule has 0 unspecified atom stereocenters. The number of rotatable bonds is 8. The molecule has 0 saturated carbocycles. The Morgan fingerprint density at radius 2 is 1.30 bits per heavy atom. The quantitative estimate of drug-likeness (QED) is 0.156. The first-order valence-electron chi connectivity index (χ1n) is 13.6. The van der Waals surface area contributed by atoms with E-state index in [9.17, 15) is 27.6 Å². The minimum absolute atomic E-state index is 0.112. The standard InChI is InChI=1S/C33H30F3NO6/c1-4-42-30(39)32(31(40)43-5-2)26(20-25(21-12-8-6-9-13-21)22-14-10-7-11-15-22)27(29(38)41-3)37-28(32)23-16-18-24(19-17-23)33(34,35)36/h6-19,27-28,37H,4-5H2,1-3H3/t27-,28-/m1/s1. The molecule has 0 amide bonds. The lowest BCUT2D eigenvalue weighted by Crippen LogP contribution is -2.47. The number of hydrogen-bond acceptors (Lipinski definition) is 7. The Balaban J connectivity index is 2.15. The number of alkyl halides is 3. The van der Waals surface area contributed by atoms with Crippen LogP contribution in [-0.4, -0.2) is 44.3 Å². The van der Waals surface area contributed by atoms with Crippen LogP contribution in [0.2, 0.25) is 0 Å². The number of benzene rings is 3.